The van der Waals surface area contributed by atoms with Crippen LogP contribution in [0.2, 0.25) is 0 Å². The predicted octanol–water partition coefficient (Wildman–Crippen LogP) is 1.29. The molecule has 2 heteroatoms. The Hall–Kier alpha value is 0.514. The summed E-state index contributed by atoms with van der Waals surface area (Å²) >= 11 is 0. The molecular weight excluding hydrogens is 163 g/mol. The Balaban J connectivity index is 0. The van der Waals surface area contributed by atoms with Crippen LogP contribution in [0.1, 0.15) is 13.8 Å². The van der Waals surface area contributed by atoms with Crippen molar-refractivity contribution in [2.45, 2.75) is 13.8 Å². The minimum absolute atomic E-state index is 0. The molecule has 37 valence electrons. The van der Waals surface area contributed by atoms with Gasteiger partial charge in [-0.2, -0.15) is 6.21 Å². The van der Waals surface area contributed by atoms with Gasteiger partial charge in [0.1, 0.15) is 0 Å². The van der Waals surface area contributed by atoms with Crippen LogP contribution in [-0.2, 0) is 32.7 Å². The van der Waals surface area contributed by atoms with Crippen LogP contribution in [0.5, 0.6) is 0 Å². The van der Waals surface area contributed by atoms with Crippen LogP contribution >= 0.6 is 0 Å². The van der Waals surface area contributed by atoms with Gasteiger partial charge in [-0.1, -0.05) is 0 Å². The molecule has 0 spiro atoms. The van der Waals surface area contributed by atoms with E-state index >= 15 is 0 Å². The maximum absolute atomic E-state index is 5.09. The molecule has 0 bridgehead atoms. The molecule has 0 amide bonds. The molecule has 1 radical (unpaired) electrons. The van der Waals surface area contributed by atoms with Crippen molar-refractivity contribution in [1.29, 1.82) is 0 Å². The van der Waals surface area contributed by atoms with Crippen LogP contribution in [-0.4, -0.2) is 6.21 Å². The van der Waals surface area contributed by atoms with Gasteiger partial charge in [-0.3, -0.25) is 0 Å². The molecule has 0 fully saturated rings. The van der Waals surface area contributed by atoms with Crippen molar-refractivity contribution in [2.24, 2.45) is 4.99 Å². The van der Waals surface area contributed by atoms with E-state index in [2.05, 4.69) is 11.2 Å². The van der Waals surface area contributed by atoms with Crippen LogP contribution in [0.25, 0.3) is 0 Å². The third-order valence-electron chi connectivity index (χ3n) is 0.288. The van der Waals surface area contributed by atoms with Crippen LogP contribution in [0.3, 0.4) is 0 Å². The standard InChI is InChI=1S/C5H7N.Y/c1-4-6-5(2)3;/h2H,1,3H3;/q-2;. The summed E-state index contributed by atoms with van der Waals surface area (Å²) in [5, 5.41) is 0. The van der Waals surface area contributed by atoms with Gasteiger partial charge in [0.15, 0.2) is 0 Å². The number of aliphatic imine (C=N–C) groups is 1. The third-order valence-corrected chi connectivity index (χ3v) is 0.288. The van der Waals surface area contributed by atoms with Gasteiger partial charge in [-0.05, 0) is 0 Å². The Morgan fingerprint density at radius 1 is 1.71 bits per heavy atom. The average molecular weight is 170 g/mol. The van der Waals surface area contributed by atoms with Gasteiger partial charge in [0, 0.05) is 32.7 Å². The van der Waals surface area contributed by atoms with Crippen molar-refractivity contribution in [3.63, 3.8) is 0 Å². The van der Waals surface area contributed by atoms with Crippen LogP contribution < -0.4 is 0 Å². The molecule has 0 aromatic heterocycles. The van der Waals surface area contributed by atoms with E-state index < -0.39 is 0 Å². The van der Waals surface area contributed by atoms with Crippen LogP contribution in [0, 0.1) is 6.58 Å². The minimum atomic E-state index is 0. The maximum Gasteiger partial charge on any atom is 0 e. The molecule has 0 aliphatic carbocycles. The van der Waals surface area contributed by atoms with E-state index in [-0.39, 0.29) is 32.7 Å². The van der Waals surface area contributed by atoms with Crippen LogP contribution in [0.4, 0.5) is 0 Å². The summed E-state index contributed by atoms with van der Waals surface area (Å²) < 4.78 is 0. The van der Waals surface area contributed by atoms with E-state index in [4.69, 9.17) is 6.58 Å². The fourth-order valence-corrected chi connectivity index (χ4v) is 0.176. The molecule has 0 unspecified atom stereocenters. The van der Waals surface area contributed by atoms with Crippen molar-refractivity contribution >= 4 is 6.21 Å². The van der Waals surface area contributed by atoms with E-state index in [9.17, 15) is 0 Å². The first-order valence-corrected chi connectivity index (χ1v) is 1.74. The molecule has 1 nitrogen and oxygen atoms in total. The molecule has 0 aromatic rings. The van der Waals surface area contributed by atoms with E-state index in [1.54, 1.807) is 13.8 Å². The molecule has 0 saturated carbocycles. The van der Waals surface area contributed by atoms with Crippen molar-refractivity contribution < 1.29 is 32.7 Å². The number of allylic oxidation sites excluding steroid dienone is 1. The summed E-state index contributed by atoms with van der Waals surface area (Å²) in [5.74, 6) is 0. The minimum Gasteiger partial charge on any atom is -0.598 e. The predicted molar refractivity (Wildman–Crippen MR) is 26.6 cm³/mol. The number of rotatable bonds is 1. The van der Waals surface area contributed by atoms with Gasteiger partial charge < -0.3 is 17.3 Å². The second kappa shape index (κ2) is 6.51. The fraction of sp³-hybridized carbons (Fsp3) is 0.400. The summed E-state index contributed by atoms with van der Waals surface area (Å²) in [5.41, 5.74) is 0.553. The SMILES string of the molecule is [CH-]=C(C)N=[C-]C.[Y]. The van der Waals surface area contributed by atoms with Gasteiger partial charge in [0.2, 0.25) is 0 Å². The monoisotopic (exact) mass is 170 g/mol. The number of nitrogens with zero attached hydrogens (tertiary/aromatic N) is 1. The summed E-state index contributed by atoms with van der Waals surface area (Å²) in [6, 6.07) is 0. The summed E-state index contributed by atoms with van der Waals surface area (Å²) in [6.07, 6.45) is 2.53. The van der Waals surface area contributed by atoms with Gasteiger partial charge in [0.05, 0.1) is 0 Å². The molecule has 7 heavy (non-hydrogen) atoms. The first-order valence-electron chi connectivity index (χ1n) is 1.74. The van der Waals surface area contributed by atoms with Crippen molar-refractivity contribution in [3.8, 4) is 0 Å². The van der Waals surface area contributed by atoms with E-state index in [1.807, 2.05) is 0 Å². The topological polar surface area (TPSA) is 12.4 Å². The Labute approximate surface area is 69.8 Å². The fourth-order valence-electron chi connectivity index (χ4n) is 0.176. The molecule has 0 atom stereocenters. The van der Waals surface area contributed by atoms with Crippen LogP contribution in [0.15, 0.2) is 10.7 Å². The summed E-state index contributed by atoms with van der Waals surface area (Å²) in [6.45, 7) is 8.51. The smallest absolute Gasteiger partial charge is 0 e. The zero-order chi connectivity index (χ0) is 4.99. The number of hydrogen-bond donors (Lipinski definition) is 0. The zero-order valence-electron chi connectivity index (χ0n) is 4.60. The molecule has 0 saturated heterocycles. The first-order chi connectivity index (χ1) is 2.77. The molecule has 0 heterocycles. The van der Waals surface area contributed by atoms with E-state index in [1.165, 1.54) is 0 Å². The molecule has 0 aliphatic heterocycles. The molecule has 0 rings (SSSR count). The first kappa shape index (κ1) is 10.5. The molecule has 0 aromatic carbocycles. The second-order valence-electron chi connectivity index (χ2n) is 0.977. The van der Waals surface area contributed by atoms with Gasteiger partial charge in [0.25, 0.3) is 0 Å². The molecular formula is C5H7NY-2. The Morgan fingerprint density at radius 2 is 2.14 bits per heavy atom. The Kier molecular flexibility index (Phi) is 9.76. The normalized spacial score (nSPS) is 8.29. The Bertz CT molecular complexity index is 76.1. The van der Waals surface area contributed by atoms with Gasteiger partial charge in [-0.25, -0.2) is 0 Å². The number of hydrogen-bond acceptors (Lipinski definition) is 1. The molecule has 0 N–H and O–H groups in total. The van der Waals surface area contributed by atoms with Gasteiger partial charge in [-0.15, -0.1) is 13.8 Å². The van der Waals surface area contributed by atoms with E-state index in [0.717, 1.165) is 0 Å². The van der Waals surface area contributed by atoms with Gasteiger partial charge >= 0.3 is 0 Å². The second-order valence-corrected chi connectivity index (χ2v) is 0.977. The third kappa shape index (κ3) is 10.7. The van der Waals surface area contributed by atoms with Crippen molar-refractivity contribution in [2.75, 3.05) is 0 Å². The zero-order valence-corrected chi connectivity index (χ0v) is 7.44. The average Bonchev–Trinajstić information content (AvgIpc) is 1.35. The summed E-state index contributed by atoms with van der Waals surface area (Å²) in [7, 11) is 0. The quantitative estimate of drug-likeness (QED) is 0.415. The van der Waals surface area contributed by atoms with Crippen molar-refractivity contribution in [3.05, 3.63) is 12.3 Å². The maximum atomic E-state index is 5.09. The van der Waals surface area contributed by atoms with Crippen molar-refractivity contribution in [1.82, 2.24) is 0 Å². The van der Waals surface area contributed by atoms with E-state index in [0.29, 0.717) is 5.70 Å². The molecule has 0 aliphatic rings. The largest absolute Gasteiger partial charge is 0.598 e. The summed E-state index contributed by atoms with van der Waals surface area (Å²) in [4.78, 5) is 3.57. The Morgan fingerprint density at radius 3 is 2.14 bits per heavy atom.